The lowest BCUT2D eigenvalue weighted by Gasteiger charge is -2.29. The highest BCUT2D eigenvalue weighted by atomic mass is 16.5. The van der Waals surface area contributed by atoms with Crippen molar-refractivity contribution in [3.8, 4) is 5.75 Å². The van der Waals surface area contributed by atoms with E-state index >= 15 is 0 Å². The molecule has 0 amide bonds. The van der Waals surface area contributed by atoms with Gasteiger partial charge in [0.25, 0.3) is 0 Å². The number of hydrogen-bond acceptors (Lipinski definition) is 3. The fourth-order valence-electron chi connectivity index (χ4n) is 4.12. The van der Waals surface area contributed by atoms with Crippen LogP contribution in [0.25, 0.3) is 0 Å². The van der Waals surface area contributed by atoms with Gasteiger partial charge in [-0.1, -0.05) is 12.1 Å². The molecule has 2 unspecified atom stereocenters. The molecule has 2 fully saturated rings. The largest absolute Gasteiger partial charge is 0.493 e. The zero-order valence-electron chi connectivity index (χ0n) is 12.1. The topological polar surface area (TPSA) is 24.5 Å². The maximum atomic E-state index is 5.60. The van der Waals surface area contributed by atoms with Crippen molar-refractivity contribution in [2.75, 3.05) is 19.7 Å². The van der Waals surface area contributed by atoms with Gasteiger partial charge in [0.05, 0.1) is 6.61 Å². The number of nitrogens with zero attached hydrogens (tertiary/aromatic N) is 1. The summed E-state index contributed by atoms with van der Waals surface area (Å²) in [6.07, 6.45) is 6.52. The molecule has 20 heavy (non-hydrogen) atoms. The van der Waals surface area contributed by atoms with E-state index in [2.05, 4.69) is 28.4 Å². The fourth-order valence-corrected chi connectivity index (χ4v) is 4.12. The summed E-state index contributed by atoms with van der Waals surface area (Å²) in [6, 6.07) is 8.26. The van der Waals surface area contributed by atoms with Crippen LogP contribution in [0.1, 0.15) is 36.8 Å². The van der Waals surface area contributed by atoms with Gasteiger partial charge in [-0.15, -0.1) is 0 Å². The highest BCUT2D eigenvalue weighted by Crippen LogP contribution is 2.29. The SMILES string of the molecule is c1cc2c(cc1CN1CCCC1C1CCCN1)CCO2. The van der Waals surface area contributed by atoms with Crippen LogP contribution < -0.4 is 10.1 Å². The van der Waals surface area contributed by atoms with Crippen LogP contribution in [0, 0.1) is 0 Å². The minimum Gasteiger partial charge on any atom is -0.493 e. The second kappa shape index (κ2) is 5.38. The summed E-state index contributed by atoms with van der Waals surface area (Å²) in [5.74, 6) is 1.10. The van der Waals surface area contributed by atoms with Gasteiger partial charge in [0.1, 0.15) is 5.75 Å². The van der Waals surface area contributed by atoms with Gasteiger partial charge >= 0.3 is 0 Å². The van der Waals surface area contributed by atoms with Gasteiger partial charge in [-0.25, -0.2) is 0 Å². The Morgan fingerprint density at radius 3 is 3.15 bits per heavy atom. The number of hydrogen-bond donors (Lipinski definition) is 1. The Kier molecular flexibility index (Phi) is 3.41. The Balaban J connectivity index is 1.47. The van der Waals surface area contributed by atoms with Gasteiger partial charge < -0.3 is 10.1 Å². The number of fused-ring (bicyclic) bond motifs is 1. The van der Waals surface area contributed by atoms with Crippen LogP contribution in [-0.2, 0) is 13.0 Å². The molecule has 0 aliphatic carbocycles. The number of rotatable bonds is 3. The normalized spacial score (nSPS) is 29.6. The molecule has 0 spiro atoms. The molecular weight excluding hydrogens is 248 g/mol. The molecule has 3 aliphatic rings. The average molecular weight is 272 g/mol. The molecule has 1 aromatic carbocycles. The Morgan fingerprint density at radius 2 is 2.25 bits per heavy atom. The van der Waals surface area contributed by atoms with Crippen molar-refractivity contribution in [3.05, 3.63) is 29.3 Å². The van der Waals surface area contributed by atoms with Crippen LogP contribution in [0.3, 0.4) is 0 Å². The molecule has 2 saturated heterocycles. The second-order valence-corrected chi connectivity index (χ2v) is 6.42. The highest BCUT2D eigenvalue weighted by Gasteiger charge is 2.33. The fraction of sp³-hybridized carbons (Fsp3) is 0.647. The molecule has 4 rings (SSSR count). The summed E-state index contributed by atoms with van der Waals surface area (Å²) in [6.45, 7) is 4.44. The standard InChI is InChI=1S/C17H24N2O/c1-3-15(18-8-1)16-4-2-9-19(16)12-13-5-6-17-14(11-13)7-10-20-17/h5-6,11,15-16,18H,1-4,7-10,12H2. The minimum atomic E-state index is 0.732. The smallest absolute Gasteiger partial charge is 0.122 e. The van der Waals surface area contributed by atoms with Gasteiger partial charge in [-0.05, 0) is 56.0 Å². The van der Waals surface area contributed by atoms with Gasteiger partial charge in [-0.3, -0.25) is 4.90 Å². The van der Waals surface area contributed by atoms with Crippen molar-refractivity contribution < 1.29 is 4.74 Å². The van der Waals surface area contributed by atoms with Crippen LogP contribution >= 0.6 is 0 Å². The predicted molar refractivity (Wildman–Crippen MR) is 80.1 cm³/mol. The molecule has 0 aromatic heterocycles. The summed E-state index contributed by atoms with van der Waals surface area (Å²) in [5.41, 5.74) is 2.86. The lowest BCUT2D eigenvalue weighted by molar-refractivity contribution is 0.206. The molecule has 0 bridgehead atoms. The quantitative estimate of drug-likeness (QED) is 0.914. The van der Waals surface area contributed by atoms with E-state index in [1.54, 1.807) is 0 Å². The molecule has 2 atom stereocenters. The van der Waals surface area contributed by atoms with Crippen molar-refractivity contribution in [1.29, 1.82) is 0 Å². The number of nitrogens with one attached hydrogen (secondary N) is 1. The number of benzene rings is 1. The third kappa shape index (κ3) is 2.33. The first-order valence-electron chi connectivity index (χ1n) is 8.12. The van der Waals surface area contributed by atoms with Crippen molar-refractivity contribution in [3.63, 3.8) is 0 Å². The van der Waals surface area contributed by atoms with E-state index in [4.69, 9.17) is 4.74 Å². The Labute approximate surface area is 121 Å². The zero-order valence-corrected chi connectivity index (χ0v) is 12.1. The molecule has 1 aromatic rings. The number of ether oxygens (including phenoxy) is 1. The molecule has 0 saturated carbocycles. The van der Waals surface area contributed by atoms with Gasteiger partial charge in [0.15, 0.2) is 0 Å². The van der Waals surface area contributed by atoms with E-state index < -0.39 is 0 Å². The molecule has 0 radical (unpaired) electrons. The number of likely N-dealkylation sites (tertiary alicyclic amines) is 1. The van der Waals surface area contributed by atoms with Gasteiger partial charge in [0.2, 0.25) is 0 Å². The molecule has 3 heteroatoms. The van der Waals surface area contributed by atoms with Crippen LogP contribution in [-0.4, -0.2) is 36.7 Å². The first kappa shape index (κ1) is 12.7. The molecule has 1 N–H and O–H groups in total. The van der Waals surface area contributed by atoms with Gasteiger partial charge in [0, 0.05) is 25.0 Å². The summed E-state index contributed by atoms with van der Waals surface area (Å²) in [4.78, 5) is 2.69. The summed E-state index contributed by atoms with van der Waals surface area (Å²) >= 11 is 0. The average Bonchev–Trinajstić information content (AvgIpc) is 3.19. The second-order valence-electron chi connectivity index (χ2n) is 6.42. The highest BCUT2D eigenvalue weighted by molar-refractivity contribution is 5.39. The third-order valence-corrected chi connectivity index (χ3v) is 5.12. The van der Waals surface area contributed by atoms with Crippen LogP contribution in [0.2, 0.25) is 0 Å². The van der Waals surface area contributed by atoms with Crippen molar-refractivity contribution in [1.82, 2.24) is 10.2 Å². The predicted octanol–water partition coefficient (Wildman–Crippen LogP) is 2.34. The van der Waals surface area contributed by atoms with E-state index in [1.807, 2.05) is 0 Å². The van der Waals surface area contributed by atoms with E-state index in [0.717, 1.165) is 37.4 Å². The zero-order chi connectivity index (χ0) is 13.4. The lowest BCUT2D eigenvalue weighted by atomic mass is 10.0. The van der Waals surface area contributed by atoms with Crippen LogP contribution in [0.15, 0.2) is 18.2 Å². The Bertz CT molecular complexity index is 482. The first-order valence-corrected chi connectivity index (χ1v) is 8.12. The molecular formula is C17H24N2O. The van der Waals surface area contributed by atoms with Crippen LogP contribution in [0.4, 0.5) is 0 Å². The van der Waals surface area contributed by atoms with Crippen molar-refractivity contribution in [2.45, 2.75) is 50.7 Å². The van der Waals surface area contributed by atoms with Gasteiger partial charge in [-0.2, -0.15) is 0 Å². The maximum absolute atomic E-state index is 5.60. The molecule has 3 nitrogen and oxygen atoms in total. The van der Waals surface area contributed by atoms with E-state index in [9.17, 15) is 0 Å². The summed E-state index contributed by atoms with van der Waals surface area (Å²) in [7, 11) is 0. The Hall–Kier alpha value is -1.06. The lowest BCUT2D eigenvalue weighted by Crippen LogP contribution is -2.43. The monoisotopic (exact) mass is 272 g/mol. The summed E-state index contributed by atoms with van der Waals surface area (Å²) < 4.78 is 5.60. The third-order valence-electron chi connectivity index (χ3n) is 5.12. The van der Waals surface area contributed by atoms with E-state index in [1.165, 1.54) is 49.9 Å². The first-order chi connectivity index (χ1) is 9.90. The van der Waals surface area contributed by atoms with Crippen molar-refractivity contribution >= 4 is 0 Å². The minimum absolute atomic E-state index is 0.732. The summed E-state index contributed by atoms with van der Waals surface area (Å²) in [5, 5.41) is 3.69. The Morgan fingerprint density at radius 1 is 1.25 bits per heavy atom. The molecule has 3 aliphatic heterocycles. The molecule has 108 valence electrons. The van der Waals surface area contributed by atoms with E-state index in [-0.39, 0.29) is 0 Å². The van der Waals surface area contributed by atoms with Crippen LogP contribution in [0.5, 0.6) is 5.75 Å². The maximum Gasteiger partial charge on any atom is 0.122 e. The molecule has 3 heterocycles. The van der Waals surface area contributed by atoms with E-state index in [0.29, 0.717) is 0 Å². The van der Waals surface area contributed by atoms with Crippen molar-refractivity contribution in [2.24, 2.45) is 0 Å².